The molecule has 0 aromatic heterocycles. The summed E-state index contributed by atoms with van der Waals surface area (Å²) in [5.74, 6) is -0.275. The summed E-state index contributed by atoms with van der Waals surface area (Å²) >= 11 is 0. The number of methoxy groups -OCH3 is 2. The third-order valence-corrected chi connectivity index (χ3v) is 3.69. The predicted molar refractivity (Wildman–Crippen MR) is 103 cm³/mol. The molecule has 0 unspecified atom stereocenters. The lowest BCUT2D eigenvalue weighted by molar-refractivity contribution is -0.117. The molecule has 0 aliphatic carbocycles. The standard InChI is InChI=1S/C21H20N2O5/c1-26-12-11-23-20(24)16(14-22)13-15-7-9-17(10-8-15)28-21(25)18-5-3-4-6-19(18)27-2/h3-10,13H,11-12H2,1-2H3,(H,23,24)/b16-13+. The molecule has 0 saturated carbocycles. The van der Waals surface area contributed by atoms with Gasteiger partial charge in [0, 0.05) is 13.7 Å². The van der Waals surface area contributed by atoms with Gasteiger partial charge in [-0.25, -0.2) is 4.79 Å². The van der Waals surface area contributed by atoms with E-state index < -0.39 is 11.9 Å². The van der Waals surface area contributed by atoms with Gasteiger partial charge < -0.3 is 19.5 Å². The molecule has 2 aromatic carbocycles. The molecule has 0 aliphatic rings. The molecule has 0 fully saturated rings. The first-order valence-corrected chi connectivity index (χ1v) is 8.43. The Kier molecular flexibility index (Phi) is 7.76. The second-order valence-electron chi connectivity index (χ2n) is 5.58. The third-order valence-electron chi connectivity index (χ3n) is 3.69. The maximum Gasteiger partial charge on any atom is 0.347 e. The molecule has 2 aromatic rings. The molecule has 0 aliphatic heterocycles. The molecule has 144 valence electrons. The minimum atomic E-state index is -0.545. The molecule has 0 spiro atoms. The van der Waals surface area contributed by atoms with Crippen LogP contribution in [0.5, 0.6) is 11.5 Å². The molecule has 7 heteroatoms. The molecule has 0 atom stereocenters. The van der Waals surface area contributed by atoms with Crippen molar-refractivity contribution in [2.75, 3.05) is 27.4 Å². The maximum atomic E-state index is 12.3. The van der Waals surface area contributed by atoms with E-state index in [-0.39, 0.29) is 5.57 Å². The van der Waals surface area contributed by atoms with Gasteiger partial charge in [-0.05, 0) is 35.9 Å². The zero-order chi connectivity index (χ0) is 20.4. The number of ether oxygens (including phenoxy) is 3. The van der Waals surface area contributed by atoms with Crippen LogP contribution in [0.1, 0.15) is 15.9 Å². The van der Waals surface area contributed by atoms with Gasteiger partial charge >= 0.3 is 5.97 Å². The zero-order valence-electron chi connectivity index (χ0n) is 15.6. The van der Waals surface area contributed by atoms with Crippen LogP contribution in [0.4, 0.5) is 0 Å². The van der Waals surface area contributed by atoms with Gasteiger partial charge in [0.2, 0.25) is 0 Å². The van der Waals surface area contributed by atoms with Crippen LogP contribution in [-0.4, -0.2) is 39.2 Å². The zero-order valence-corrected chi connectivity index (χ0v) is 15.6. The van der Waals surface area contributed by atoms with E-state index in [0.29, 0.717) is 35.8 Å². The topological polar surface area (TPSA) is 97.6 Å². The molecule has 1 amide bonds. The highest BCUT2D eigenvalue weighted by atomic mass is 16.5. The molecule has 0 saturated heterocycles. The van der Waals surface area contributed by atoms with Gasteiger partial charge in [-0.15, -0.1) is 0 Å². The Labute approximate surface area is 163 Å². The van der Waals surface area contributed by atoms with E-state index in [1.807, 2.05) is 6.07 Å². The normalized spacial score (nSPS) is 10.7. The Morgan fingerprint density at radius 3 is 2.46 bits per heavy atom. The van der Waals surface area contributed by atoms with Gasteiger partial charge in [-0.2, -0.15) is 5.26 Å². The minimum Gasteiger partial charge on any atom is -0.496 e. The number of nitriles is 1. The monoisotopic (exact) mass is 380 g/mol. The fourth-order valence-corrected chi connectivity index (χ4v) is 2.28. The van der Waals surface area contributed by atoms with Crippen LogP contribution in [-0.2, 0) is 9.53 Å². The largest absolute Gasteiger partial charge is 0.496 e. The van der Waals surface area contributed by atoms with Crippen molar-refractivity contribution in [2.24, 2.45) is 0 Å². The quantitative estimate of drug-likeness (QED) is 0.249. The molecule has 28 heavy (non-hydrogen) atoms. The van der Waals surface area contributed by atoms with Crippen molar-refractivity contribution in [3.05, 3.63) is 65.2 Å². The van der Waals surface area contributed by atoms with E-state index in [1.54, 1.807) is 48.5 Å². The third kappa shape index (κ3) is 5.69. The minimum absolute atomic E-state index is 0.0325. The summed E-state index contributed by atoms with van der Waals surface area (Å²) in [6.45, 7) is 0.670. The van der Waals surface area contributed by atoms with Crippen LogP contribution in [0.15, 0.2) is 54.1 Å². The summed E-state index contributed by atoms with van der Waals surface area (Å²) in [4.78, 5) is 24.2. The first-order chi connectivity index (χ1) is 13.6. The van der Waals surface area contributed by atoms with Crippen LogP contribution in [0.25, 0.3) is 6.08 Å². The number of hydrogen-bond donors (Lipinski definition) is 1. The second-order valence-corrected chi connectivity index (χ2v) is 5.58. The SMILES string of the molecule is COCCNC(=O)/C(C#N)=C/c1ccc(OC(=O)c2ccccc2OC)cc1. The van der Waals surface area contributed by atoms with Gasteiger partial charge in [0.05, 0.1) is 13.7 Å². The number of amides is 1. The lowest BCUT2D eigenvalue weighted by Crippen LogP contribution is -2.27. The number of carbonyl (C=O) groups is 2. The first kappa shape index (κ1) is 20.7. The van der Waals surface area contributed by atoms with Crippen LogP contribution in [0, 0.1) is 11.3 Å². The van der Waals surface area contributed by atoms with E-state index in [2.05, 4.69) is 5.32 Å². The number of nitrogens with one attached hydrogen (secondary N) is 1. The number of nitrogens with zero attached hydrogens (tertiary/aromatic N) is 1. The summed E-state index contributed by atoms with van der Waals surface area (Å²) in [5.41, 5.74) is 0.902. The summed E-state index contributed by atoms with van der Waals surface area (Å²) in [5, 5.41) is 11.8. The number of carbonyl (C=O) groups excluding carboxylic acids is 2. The van der Waals surface area contributed by atoms with E-state index in [4.69, 9.17) is 14.2 Å². The highest BCUT2D eigenvalue weighted by molar-refractivity contribution is 6.01. The summed E-state index contributed by atoms with van der Waals surface area (Å²) in [7, 11) is 3.00. The Bertz CT molecular complexity index is 898. The van der Waals surface area contributed by atoms with Gasteiger partial charge in [0.1, 0.15) is 28.7 Å². The Morgan fingerprint density at radius 2 is 1.82 bits per heavy atom. The fraction of sp³-hybridized carbons (Fsp3) is 0.190. The summed E-state index contributed by atoms with van der Waals surface area (Å²) in [6.07, 6.45) is 1.45. The van der Waals surface area contributed by atoms with Crippen molar-refractivity contribution in [1.29, 1.82) is 5.26 Å². The highest BCUT2D eigenvalue weighted by Gasteiger charge is 2.14. The van der Waals surface area contributed by atoms with E-state index in [0.717, 1.165) is 0 Å². The van der Waals surface area contributed by atoms with Gasteiger partial charge in [0.15, 0.2) is 0 Å². The number of esters is 1. The Hall–Kier alpha value is -3.63. The summed E-state index contributed by atoms with van der Waals surface area (Å²) < 4.78 is 15.3. The number of benzene rings is 2. The van der Waals surface area contributed by atoms with Gasteiger partial charge in [0.25, 0.3) is 5.91 Å². The van der Waals surface area contributed by atoms with Crippen LogP contribution in [0.2, 0.25) is 0 Å². The van der Waals surface area contributed by atoms with Gasteiger partial charge in [-0.1, -0.05) is 24.3 Å². The molecular formula is C21H20N2O5. The highest BCUT2D eigenvalue weighted by Crippen LogP contribution is 2.21. The summed E-state index contributed by atoms with van der Waals surface area (Å²) in [6, 6.07) is 15.1. The van der Waals surface area contributed by atoms with Crippen molar-refractivity contribution in [1.82, 2.24) is 5.32 Å². The smallest absolute Gasteiger partial charge is 0.347 e. The van der Waals surface area contributed by atoms with E-state index >= 15 is 0 Å². The van der Waals surface area contributed by atoms with Gasteiger partial charge in [-0.3, -0.25) is 4.79 Å². The van der Waals surface area contributed by atoms with E-state index in [1.165, 1.54) is 20.3 Å². The molecule has 0 bridgehead atoms. The molecule has 0 radical (unpaired) electrons. The average molecular weight is 380 g/mol. The molecule has 0 heterocycles. The molecular weight excluding hydrogens is 360 g/mol. The Morgan fingerprint density at radius 1 is 1.11 bits per heavy atom. The lowest BCUT2D eigenvalue weighted by Gasteiger charge is -2.08. The van der Waals surface area contributed by atoms with Crippen LogP contribution >= 0.6 is 0 Å². The van der Waals surface area contributed by atoms with Crippen molar-refractivity contribution < 1.29 is 23.8 Å². The van der Waals surface area contributed by atoms with Crippen LogP contribution in [0.3, 0.4) is 0 Å². The number of hydrogen-bond acceptors (Lipinski definition) is 6. The second kappa shape index (κ2) is 10.5. The Balaban J connectivity index is 2.07. The van der Waals surface area contributed by atoms with Crippen molar-refractivity contribution in [2.45, 2.75) is 0 Å². The molecule has 7 nitrogen and oxygen atoms in total. The van der Waals surface area contributed by atoms with E-state index in [9.17, 15) is 14.9 Å². The van der Waals surface area contributed by atoms with Crippen molar-refractivity contribution >= 4 is 18.0 Å². The van der Waals surface area contributed by atoms with Crippen molar-refractivity contribution in [3.8, 4) is 17.6 Å². The lowest BCUT2D eigenvalue weighted by atomic mass is 10.1. The molecule has 1 N–H and O–H groups in total. The maximum absolute atomic E-state index is 12.3. The first-order valence-electron chi connectivity index (χ1n) is 8.43. The average Bonchev–Trinajstić information content (AvgIpc) is 2.73. The van der Waals surface area contributed by atoms with Crippen molar-refractivity contribution in [3.63, 3.8) is 0 Å². The van der Waals surface area contributed by atoms with Crippen LogP contribution < -0.4 is 14.8 Å². The fourth-order valence-electron chi connectivity index (χ4n) is 2.28. The molecule has 2 rings (SSSR count). The predicted octanol–water partition coefficient (Wildman–Crippen LogP) is 2.58. The number of rotatable bonds is 8. The number of para-hydroxylation sites is 1.